The Morgan fingerprint density at radius 2 is 1.62 bits per heavy atom. The minimum absolute atomic E-state index is 0. The van der Waals surface area contributed by atoms with Gasteiger partial charge < -0.3 is 9.64 Å². The van der Waals surface area contributed by atoms with Gasteiger partial charge in [0.05, 0.1) is 0 Å². The Hall–Kier alpha value is 0.460. The Labute approximate surface area is 111 Å². The molecule has 0 radical (unpaired) electrons. The monoisotopic (exact) mass is 270 g/mol. The largest absolute Gasteiger partial charge is 0.381 e. The molecule has 2 fully saturated rings. The molecule has 0 saturated carbocycles. The fraction of sp³-hybridized carbons (Fsp3) is 1.00. The van der Waals surface area contributed by atoms with Gasteiger partial charge in [-0.15, -0.1) is 24.8 Å². The standard InChI is InChI=1S/C11H22N2O.2ClH/c1-12-5-2-6-13(8-7-12)11-3-9-14-10-4-11;;/h11H,2-10H2,1H3;2*1H. The van der Waals surface area contributed by atoms with Gasteiger partial charge in [-0.1, -0.05) is 0 Å². The number of hydrogen-bond donors (Lipinski definition) is 0. The van der Waals surface area contributed by atoms with Crippen molar-refractivity contribution in [2.45, 2.75) is 25.3 Å². The first-order valence-corrected chi connectivity index (χ1v) is 5.86. The summed E-state index contributed by atoms with van der Waals surface area (Å²) in [6.07, 6.45) is 3.81. The first-order valence-electron chi connectivity index (χ1n) is 5.86. The SMILES string of the molecule is CN1CCCN(C2CCOCC2)CC1.Cl.Cl. The highest BCUT2D eigenvalue weighted by Gasteiger charge is 2.22. The molecule has 0 aromatic heterocycles. The summed E-state index contributed by atoms with van der Waals surface area (Å²) < 4.78 is 5.41. The van der Waals surface area contributed by atoms with Crippen molar-refractivity contribution >= 4 is 24.8 Å². The number of nitrogens with zero attached hydrogens (tertiary/aromatic N) is 2. The summed E-state index contributed by atoms with van der Waals surface area (Å²) in [5.74, 6) is 0. The molecule has 16 heavy (non-hydrogen) atoms. The minimum atomic E-state index is 0. The molecule has 5 heteroatoms. The zero-order chi connectivity index (χ0) is 9.80. The number of ether oxygens (including phenoxy) is 1. The molecular weight excluding hydrogens is 247 g/mol. The van der Waals surface area contributed by atoms with Crippen molar-refractivity contribution in [1.82, 2.24) is 9.80 Å². The zero-order valence-corrected chi connectivity index (χ0v) is 11.7. The Kier molecular flexibility index (Phi) is 8.78. The van der Waals surface area contributed by atoms with E-state index in [0.717, 1.165) is 19.3 Å². The second-order valence-electron chi connectivity index (χ2n) is 4.54. The third-order valence-electron chi connectivity index (χ3n) is 3.46. The third kappa shape index (κ3) is 4.76. The molecule has 0 atom stereocenters. The van der Waals surface area contributed by atoms with Crippen LogP contribution in [0.2, 0.25) is 0 Å². The Morgan fingerprint density at radius 1 is 0.938 bits per heavy atom. The summed E-state index contributed by atoms with van der Waals surface area (Å²) >= 11 is 0. The molecule has 2 rings (SSSR count). The van der Waals surface area contributed by atoms with E-state index in [1.54, 1.807) is 0 Å². The van der Waals surface area contributed by atoms with Crippen molar-refractivity contribution in [2.75, 3.05) is 46.4 Å². The first-order chi connectivity index (χ1) is 6.86. The highest BCUT2D eigenvalue weighted by Crippen LogP contribution is 2.16. The molecule has 0 bridgehead atoms. The lowest BCUT2D eigenvalue weighted by Crippen LogP contribution is -2.41. The number of hydrogen-bond acceptors (Lipinski definition) is 3. The van der Waals surface area contributed by atoms with Gasteiger partial charge in [0, 0.05) is 32.3 Å². The van der Waals surface area contributed by atoms with Crippen LogP contribution < -0.4 is 0 Å². The fourth-order valence-electron chi connectivity index (χ4n) is 2.48. The fourth-order valence-corrected chi connectivity index (χ4v) is 2.48. The zero-order valence-electron chi connectivity index (χ0n) is 10.1. The van der Waals surface area contributed by atoms with Gasteiger partial charge in [0.25, 0.3) is 0 Å². The smallest absolute Gasteiger partial charge is 0.0480 e. The van der Waals surface area contributed by atoms with Crippen molar-refractivity contribution in [1.29, 1.82) is 0 Å². The van der Waals surface area contributed by atoms with Gasteiger partial charge in [0.15, 0.2) is 0 Å². The van der Waals surface area contributed by atoms with Crippen LogP contribution in [-0.2, 0) is 4.74 Å². The highest BCUT2D eigenvalue weighted by molar-refractivity contribution is 5.85. The van der Waals surface area contributed by atoms with E-state index in [0.29, 0.717) is 0 Å². The summed E-state index contributed by atoms with van der Waals surface area (Å²) in [6, 6.07) is 0.801. The molecule has 2 heterocycles. The van der Waals surface area contributed by atoms with Gasteiger partial charge in [0.1, 0.15) is 0 Å². The summed E-state index contributed by atoms with van der Waals surface area (Å²) in [7, 11) is 2.23. The maximum atomic E-state index is 5.41. The molecule has 0 spiro atoms. The second kappa shape index (κ2) is 8.54. The van der Waals surface area contributed by atoms with Crippen LogP contribution in [0.5, 0.6) is 0 Å². The van der Waals surface area contributed by atoms with Crippen molar-refractivity contribution in [3.8, 4) is 0 Å². The van der Waals surface area contributed by atoms with Gasteiger partial charge in [0.2, 0.25) is 0 Å². The normalized spacial score (nSPS) is 25.3. The lowest BCUT2D eigenvalue weighted by molar-refractivity contribution is 0.0356. The Morgan fingerprint density at radius 3 is 2.31 bits per heavy atom. The van der Waals surface area contributed by atoms with Crippen LogP contribution in [-0.4, -0.2) is 62.3 Å². The Balaban J connectivity index is 0.00000112. The molecule has 0 aliphatic carbocycles. The number of halogens is 2. The lowest BCUT2D eigenvalue weighted by Gasteiger charge is -2.33. The van der Waals surface area contributed by atoms with Crippen LogP contribution in [0.3, 0.4) is 0 Å². The molecule has 0 N–H and O–H groups in total. The molecular formula is C11H24Cl2N2O. The predicted octanol–water partition coefficient (Wildman–Crippen LogP) is 1.65. The average molecular weight is 271 g/mol. The van der Waals surface area contributed by atoms with Crippen molar-refractivity contribution in [3.05, 3.63) is 0 Å². The molecule has 2 saturated heterocycles. The molecule has 0 unspecified atom stereocenters. The Bertz CT molecular complexity index is 177. The maximum absolute atomic E-state index is 5.41. The number of rotatable bonds is 1. The van der Waals surface area contributed by atoms with E-state index in [4.69, 9.17) is 4.74 Å². The topological polar surface area (TPSA) is 15.7 Å². The molecule has 98 valence electrons. The molecule has 0 amide bonds. The van der Waals surface area contributed by atoms with Crippen molar-refractivity contribution in [3.63, 3.8) is 0 Å². The van der Waals surface area contributed by atoms with E-state index in [-0.39, 0.29) is 24.8 Å². The minimum Gasteiger partial charge on any atom is -0.381 e. The van der Waals surface area contributed by atoms with E-state index < -0.39 is 0 Å². The van der Waals surface area contributed by atoms with Gasteiger partial charge in [-0.05, 0) is 39.4 Å². The van der Waals surface area contributed by atoms with E-state index in [1.807, 2.05) is 0 Å². The average Bonchev–Trinajstić information content (AvgIpc) is 2.44. The number of likely N-dealkylation sites (N-methyl/N-ethyl adjacent to an activating group) is 1. The van der Waals surface area contributed by atoms with Gasteiger partial charge in [-0.25, -0.2) is 0 Å². The first kappa shape index (κ1) is 16.5. The van der Waals surface area contributed by atoms with Crippen LogP contribution in [0.4, 0.5) is 0 Å². The molecule has 2 aliphatic heterocycles. The third-order valence-corrected chi connectivity index (χ3v) is 3.46. The van der Waals surface area contributed by atoms with Crippen LogP contribution in [0.1, 0.15) is 19.3 Å². The van der Waals surface area contributed by atoms with Crippen molar-refractivity contribution in [2.24, 2.45) is 0 Å². The molecule has 3 nitrogen and oxygen atoms in total. The van der Waals surface area contributed by atoms with E-state index in [1.165, 1.54) is 45.4 Å². The summed E-state index contributed by atoms with van der Waals surface area (Å²) in [5.41, 5.74) is 0. The van der Waals surface area contributed by atoms with Crippen LogP contribution in [0.15, 0.2) is 0 Å². The van der Waals surface area contributed by atoms with Crippen LogP contribution in [0, 0.1) is 0 Å². The lowest BCUT2D eigenvalue weighted by atomic mass is 10.1. The predicted molar refractivity (Wildman–Crippen MR) is 72.0 cm³/mol. The van der Waals surface area contributed by atoms with Gasteiger partial charge >= 0.3 is 0 Å². The van der Waals surface area contributed by atoms with E-state index in [9.17, 15) is 0 Å². The summed E-state index contributed by atoms with van der Waals surface area (Å²) in [5, 5.41) is 0. The maximum Gasteiger partial charge on any atom is 0.0480 e. The molecule has 2 aliphatic rings. The van der Waals surface area contributed by atoms with Crippen LogP contribution >= 0.6 is 24.8 Å². The molecule has 0 aromatic rings. The van der Waals surface area contributed by atoms with Gasteiger partial charge in [-0.3, -0.25) is 4.90 Å². The van der Waals surface area contributed by atoms with E-state index in [2.05, 4.69) is 16.8 Å². The van der Waals surface area contributed by atoms with E-state index >= 15 is 0 Å². The highest BCUT2D eigenvalue weighted by atomic mass is 35.5. The quantitative estimate of drug-likeness (QED) is 0.721. The van der Waals surface area contributed by atoms with Gasteiger partial charge in [-0.2, -0.15) is 0 Å². The van der Waals surface area contributed by atoms with Crippen LogP contribution in [0.25, 0.3) is 0 Å². The molecule has 0 aromatic carbocycles. The van der Waals surface area contributed by atoms with Crippen molar-refractivity contribution < 1.29 is 4.74 Å². The summed E-state index contributed by atoms with van der Waals surface area (Å²) in [6.45, 7) is 6.97. The second-order valence-corrected chi connectivity index (χ2v) is 4.54. The summed E-state index contributed by atoms with van der Waals surface area (Å²) in [4.78, 5) is 5.12.